The molecule has 2 aromatic carbocycles. The van der Waals surface area contributed by atoms with Gasteiger partial charge in [-0.15, -0.1) is 0 Å². The number of aliphatic hydroxyl groups excluding tert-OH is 1. The van der Waals surface area contributed by atoms with Gasteiger partial charge in [0.15, 0.2) is 0 Å². The van der Waals surface area contributed by atoms with Crippen LogP contribution in [0, 0.1) is 19.7 Å². The van der Waals surface area contributed by atoms with Crippen LogP contribution >= 0.6 is 0 Å². The molecule has 0 spiro atoms. The van der Waals surface area contributed by atoms with Crippen LogP contribution in [0.25, 0.3) is 11.3 Å². The average molecular weight is 507 g/mol. The number of hydrogen-bond donors (Lipinski definition) is 2. The molecule has 37 heavy (non-hydrogen) atoms. The number of hydrogen-bond acceptors (Lipinski definition) is 5. The fourth-order valence-corrected chi connectivity index (χ4v) is 4.43. The Balaban J connectivity index is 1.60. The van der Waals surface area contributed by atoms with Crippen LogP contribution in [-0.2, 0) is 20.9 Å². The fourth-order valence-electron chi connectivity index (χ4n) is 4.43. The molecule has 8 nitrogen and oxygen atoms in total. The highest BCUT2D eigenvalue weighted by Gasteiger charge is 2.31. The van der Waals surface area contributed by atoms with Gasteiger partial charge < -0.3 is 20.1 Å². The van der Waals surface area contributed by atoms with E-state index < -0.39 is 17.8 Å². The van der Waals surface area contributed by atoms with E-state index in [2.05, 4.69) is 10.4 Å². The number of halogens is 1. The highest BCUT2D eigenvalue weighted by atomic mass is 19.1. The van der Waals surface area contributed by atoms with Crippen LogP contribution in [0.5, 0.6) is 0 Å². The van der Waals surface area contributed by atoms with E-state index in [1.165, 1.54) is 30.3 Å². The third-order valence-corrected chi connectivity index (χ3v) is 6.50. The van der Waals surface area contributed by atoms with Crippen molar-refractivity contribution in [3.63, 3.8) is 0 Å². The Morgan fingerprint density at radius 2 is 2.03 bits per heavy atom. The predicted molar refractivity (Wildman–Crippen MR) is 138 cm³/mol. The molecule has 1 aromatic heterocycles. The number of ether oxygens (including phenoxy) is 1. The Labute approximate surface area is 215 Å². The van der Waals surface area contributed by atoms with Gasteiger partial charge in [0.05, 0.1) is 24.9 Å². The quantitative estimate of drug-likeness (QED) is 0.485. The number of benzene rings is 2. The molecule has 0 bridgehead atoms. The summed E-state index contributed by atoms with van der Waals surface area (Å²) in [5.74, 6) is -1.49. The molecule has 2 amide bonds. The zero-order chi connectivity index (χ0) is 26.7. The molecule has 2 atom stereocenters. The van der Waals surface area contributed by atoms with E-state index in [9.17, 15) is 19.1 Å². The Bertz CT molecular complexity index is 1350. The molecule has 0 unspecified atom stereocenters. The zero-order valence-electron chi connectivity index (χ0n) is 21.4. The molecule has 2 heterocycles. The van der Waals surface area contributed by atoms with Crippen molar-refractivity contribution < 1.29 is 23.8 Å². The van der Waals surface area contributed by atoms with Crippen LogP contribution in [0.4, 0.5) is 10.1 Å². The van der Waals surface area contributed by atoms with Gasteiger partial charge in [-0.05, 0) is 49.2 Å². The first-order valence-electron chi connectivity index (χ1n) is 12.0. The lowest BCUT2D eigenvalue weighted by Crippen LogP contribution is -2.33. The van der Waals surface area contributed by atoms with Crippen molar-refractivity contribution >= 4 is 17.5 Å². The van der Waals surface area contributed by atoms with E-state index in [1.807, 2.05) is 38.1 Å². The average Bonchev–Trinajstić information content (AvgIpc) is 3.21. The minimum absolute atomic E-state index is 0.0733. The number of nitrogens with one attached hydrogen (secondary N) is 1. The lowest BCUT2D eigenvalue weighted by molar-refractivity contribution is -0.128. The lowest BCUT2D eigenvalue weighted by atomic mass is 9.85. The number of anilines is 1. The van der Waals surface area contributed by atoms with Gasteiger partial charge in [0.2, 0.25) is 5.91 Å². The standard InChI is InChI=1S/C28H31FN4O4/c1-17-8-9-20(26-10-18(2)33(31-26)14-22(34)16-37-4)12-25(17)30-28(36)24-15-32(3)27(35)13-23(24)19-6-5-7-21(29)11-19/h5-12,15,22-23,34H,13-14,16H2,1-4H3,(H,30,36)/t22-,23+/m1/s1. The van der Waals surface area contributed by atoms with Gasteiger partial charge in [-0.1, -0.05) is 24.3 Å². The third-order valence-electron chi connectivity index (χ3n) is 6.50. The van der Waals surface area contributed by atoms with Crippen molar-refractivity contribution in [1.82, 2.24) is 14.7 Å². The minimum atomic E-state index is -0.677. The van der Waals surface area contributed by atoms with Crippen LogP contribution in [0.1, 0.15) is 29.2 Å². The second kappa shape index (κ2) is 11.1. The van der Waals surface area contributed by atoms with Gasteiger partial charge in [-0.3, -0.25) is 14.3 Å². The lowest BCUT2D eigenvalue weighted by Gasteiger charge is -2.28. The smallest absolute Gasteiger partial charge is 0.253 e. The van der Waals surface area contributed by atoms with E-state index in [-0.39, 0.29) is 24.8 Å². The summed E-state index contributed by atoms with van der Waals surface area (Å²) in [7, 11) is 3.14. The molecular weight excluding hydrogens is 475 g/mol. The van der Waals surface area contributed by atoms with Crippen molar-refractivity contribution in [2.45, 2.75) is 38.8 Å². The Morgan fingerprint density at radius 3 is 2.76 bits per heavy atom. The number of aliphatic hydroxyl groups is 1. The maximum Gasteiger partial charge on any atom is 0.253 e. The number of carbonyl (C=O) groups excluding carboxylic acids is 2. The number of rotatable bonds is 8. The molecule has 0 saturated carbocycles. The largest absolute Gasteiger partial charge is 0.389 e. The first-order chi connectivity index (χ1) is 17.7. The molecule has 0 radical (unpaired) electrons. The van der Waals surface area contributed by atoms with Gasteiger partial charge in [-0.25, -0.2) is 4.39 Å². The number of aromatic nitrogens is 2. The van der Waals surface area contributed by atoms with Crippen molar-refractivity contribution in [2.24, 2.45) is 0 Å². The molecule has 0 saturated heterocycles. The molecule has 0 fully saturated rings. The highest BCUT2D eigenvalue weighted by Crippen LogP contribution is 2.34. The fraction of sp³-hybridized carbons (Fsp3) is 0.321. The summed E-state index contributed by atoms with van der Waals surface area (Å²) >= 11 is 0. The van der Waals surface area contributed by atoms with E-state index >= 15 is 0 Å². The molecule has 0 aliphatic carbocycles. The van der Waals surface area contributed by atoms with Crippen LogP contribution in [0.3, 0.4) is 0 Å². The van der Waals surface area contributed by atoms with Crippen molar-refractivity contribution in [1.29, 1.82) is 0 Å². The predicted octanol–water partition coefficient (Wildman–Crippen LogP) is 3.78. The Hall–Kier alpha value is -3.82. The number of nitrogens with zero attached hydrogens (tertiary/aromatic N) is 3. The molecule has 3 aromatic rings. The summed E-state index contributed by atoms with van der Waals surface area (Å²) in [6.45, 7) is 4.31. The summed E-state index contributed by atoms with van der Waals surface area (Å²) in [5, 5.41) is 17.7. The van der Waals surface area contributed by atoms with Crippen molar-refractivity contribution in [3.05, 3.63) is 82.9 Å². The SMILES string of the molecule is COC[C@H](O)Cn1nc(-c2ccc(C)c(NC(=O)C3=CN(C)C(=O)C[C@H]3c3cccc(F)c3)c2)cc1C. The van der Waals surface area contributed by atoms with Gasteiger partial charge in [0, 0.05) is 55.2 Å². The molecule has 1 aliphatic rings. The van der Waals surface area contributed by atoms with E-state index in [4.69, 9.17) is 4.74 Å². The Morgan fingerprint density at radius 1 is 1.24 bits per heavy atom. The summed E-state index contributed by atoms with van der Waals surface area (Å²) in [6.07, 6.45) is 0.917. The second-order valence-electron chi connectivity index (χ2n) is 9.35. The molecular formula is C28H31FN4O4. The first kappa shape index (κ1) is 26.2. The maximum atomic E-state index is 13.9. The third kappa shape index (κ3) is 5.95. The summed E-state index contributed by atoms with van der Waals surface area (Å²) in [5.41, 5.74) is 4.80. The van der Waals surface area contributed by atoms with Crippen LogP contribution in [0.15, 0.2) is 60.3 Å². The van der Waals surface area contributed by atoms with E-state index in [0.717, 1.165) is 16.8 Å². The number of carbonyl (C=O) groups is 2. The number of aryl methyl sites for hydroxylation is 2. The zero-order valence-corrected chi connectivity index (χ0v) is 21.4. The molecule has 9 heteroatoms. The van der Waals surface area contributed by atoms with Gasteiger partial charge in [0.1, 0.15) is 5.82 Å². The van der Waals surface area contributed by atoms with Crippen molar-refractivity contribution in [3.8, 4) is 11.3 Å². The topological polar surface area (TPSA) is 96.7 Å². The molecule has 4 rings (SSSR count). The van der Waals surface area contributed by atoms with Gasteiger partial charge in [-0.2, -0.15) is 5.10 Å². The normalized spacial score (nSPS) is 16.5. The maximum absolute atomic E-state index is 13.9. The van der Waals surface area contributed by atoms with Crippen molar-refractivity contribution in [2.75, 3.05) is 26.1 Å². The van der Waals surface area contributed by atoms with Gasteiger partial charge in [0.25, 0.3) is 5.91 Å². The van der Waals surface area contributed by atoms with Crippen LogP contribution in [-0.4, -0.2) is 58.5 Å². The van der Waals surface area contributed by atoms with Crippen LogP contribution in [0.2, 0.25) is 0 Å². The van der Waals surface area contributed by atoms with Crippen LogP contribution < -0.4 is 5.32 Å². The first-order valence-corrected chi connectivity index (χ1v) is 12.0. The molecule has 194 valence electrons. The molecule has 2 N–H and O–H groups in total. The highest BCUT2D eigenvalue weighted by molar-refractivity contribution is 6.07. The van der Waals surface area contributed by atoms with E-state index in [1.54, 1.807) is 23.9 Å². The molecule has 1 aliphatic heterocycles. The van der Waals surface area contributed by atoms with E-state index in [0.29, 0.717) is 29.1 Å². The summed E-state index contributed by atoms with van der Waals surface area (Å²) in [6, 6.07) is 13.6. The monoisotopic (exact) mass is 506 g/mol. The Kier molecular flexibility index (Phi) is 7.85. The van der Waals surface area contributed by atoms with Gasteiger partial charge >= 0.3 is 0 Å². The minimum Gasteiger partial charge on any atom is -0.389 e. The number of methoxy groups -OCH3 is 1. The summed E-state index contributed by atoms with van der Waals surface area (Å²) < 4.78 is 20.6. The second-order valence-corrected chi connectivity index (χ2v) is 9.35. The summed E-state index contributed by atoms with van der Waals surface area (Å²) in [4.78, 5) is 27.3. The number of amides is 2.